The number of anilines is 3. The Labute approximate surface area is 243 Å². The van der Waals surface area contributed by atoms with Gasteiger partial charge in [0.05, 0.1) is 12.0 Å². The monoisotopic (exact) mass is 685 g/mol. The topological polar surface area (TPSA) is 34.0 Å². The predicted molar refractivity (Wildman–Crippen MR) is 154 cm³/mol. The van der Waals surface area contributed by atoms with E-state index in [0.29, 0.717) is 0 Å². The van der Waals surface area contributed by atoms with Crippen LogP contribution in [0.4, 0.5) is 17.1 Å². The molecular formula is C34H26N4Pt. The number of aromatic nitrogens is 3. The van der Waals surface area contributed by atoms with Crippen molar-refractivity contribution < 1.29 is 21.1 Å². The molecule has 0 saturated carbocycles. The van der Waals surface area contributed by atoms with E-state index in [-0.39, 0.29) is 21.1 Å². The molecule has 0 N–H and O–H groups in total. The third-order valence-corrected chi connectivity index (χ3v) is 6.55. The number of aryl methyl sites for hydroxylation is 2. The average molecular weight is 686 g/mol. The van der Waals surface area contributed by atoms with Crippen molar-refractivity contribution in [3.05, 3.63) is 145 Å². The van der Waals surface area contributed by atoms with E-state index in [2.05, 4.69) is 101 Å². The van der Waals surface area contributed by atoms with Crippen LogP contribution in [0.25, 0.3) is 28.2 Å². The van der Waals surface area contributed by atoms with Crippen LogP contribution in [0.5, 0.6) is 0 Å². The van der Waals surface area contributed by atoms with Crippen LogP contribution in [0.2, 0.25) is 0 Å². The molecule has 0 atom stereocenters. The summed E-state index contributed by atoms with van der Waals surface area (Å²) >= 11 is 0. The molecule has 0 aliphatic rings. The molecule has 0 radical (unpaired) electrons. The summed E-state index contributed by atoms with van der Waals surface area (Å²) in [6.07, 6.45) is 5.76. The first-order valence-electron chi connectivity index (χ1n) is 12.6. The van der Waals surface area contributed by atoms with E-state index >= 15 is 0 Å². The van der Waals surface area contributed by atoms with Gasteiger partial charge in [-0.05, 0) is 66.4 Å². The molecule has 0 aliphatic carbocycles. The Bertz CT molecular complexity index is 1670. The van der Waals surface area contributed by atoms with Gasteiger partial charge in [-0.3, -0.25) is 4.98 Å². The molecule has 39 heavy (non-hydrogen) atoms. The predicted octanol–water partition coefficient (Wildman–Crippen LogP) is 8.29. The fourth-order valence-electron chi connectivity index (χ4n) is 4.78. The van der Waals surface area contributed by atoms with Gasteiger partial charge in [-0.2, -0.15) is 0 Å². The molecule has 4 aromatic carbocycles. The van der Waals surface area contributed by atoms with E-state index in [0.717, 1.165) is 45.3 Å². The number of nitrogens with zero attached hydrogens (tertiary/aromatic N) is 4. The number of hydrogen-bond acceptors (Lipinski definition) is 3. The van der Waals surface area contributed by atoms with Crippen molar-refractivity contribution in [3.8, 4) is 28.2 Å². The molecule has 192 valence electrons. The van der Waals surface area contributed by atoms with Gasteiger partial charge in [0, 0.05) is 17.6 Å². The SMILES string of the molecule is Cc1cccc(C)c1-n1cnc(-c2[c-]c(N(c3[c-]c(-c4ccccn4)ccc3)c3ccccc3)ccc2)c1.[Pt+2]. The summed E-state index contributed by atoms with van der Waals surface area (Å²) in [6, 6.07) is 42.1. The first-order chi connectivity index (χ1) is 18.7. The van der Waals surface area contributed by atoms with Gasteiger partial charge in [-0.15, -0.1) is 59.7 Å². The summed E-state index contributed by atoms with van der Waals surface area (Å²) in [6.45, 7) is 4.25. The minimum Gasteiger partial charge on any atom is -0.346 e. The van der Waals surface area contributed by atoms with Gasteiger partial charge < -0.3 is 14.5 Å². The van der Waals surface area contributed by atoms with Crippen LogP contribution < -0.4 is 4.90 Å². The number of rotatable bonds is 6. The van der Waals surface area contributed by atoms with E-state index in [4.69, 9.17) is 4.98 Å². The van der Waals surface area contributed by atoms with Crippen LogP contribution in [0.15, 0.2) is 122 Å². The van der Waals surface area contributed by atoms with Crippen molar-refractivity contribution in [1.29, 1.82) is 0 Å². The smallest absolute Gasteiger partial charge is 0.346 e. The second-order valence-electron chi connectivity index (χ2n) is 9.19. The molecule has 0 unspecified atom stereocenters. The van der Waals surface area contributed by atoms with Gasteiger partial charge in [0.2, 0.25) is 0 Å². The van der Waals surface area contributed by atoms with Crippen molar-refractivity contribution in [1.82, 2.24) is 14.5 Å². The van der Waals surface area contributed by atoms with E-state index in [1.807, 2.05) is 54.9 Å². The van der Waals surface area contributed by atoms with Crippen molar-refractivity contribution in [2.45, 2.75) is 13.8 Å². The maximum absolute atomic E-state index is 4.74. The van der Waals surface area contributed by atoms with Gasteiger partial charge >= 0.3 is 21.1 Å². The van der Waals surface area contributed by atoms with Crippen molar-refractivity contribution in [2.75, 3.05) is 4.90 Å². The van der Waals surface area contributed by atoms with E-state index in [1.165, 1.54) is 11.1 Å². The van der Waals surface area contributed by atoms with Gasteiger partial charge in [0.1, 0.15) is 0 Å². The maximum Gasteiger partial charge on any atom is 2.00 e. The second kappa shape index (κ2) is 11.6. The zero-order valence-electron chi connectivity index (χ0n) is 21.7. The number of para-hydroxylation sites is 2. The van der Waals surface area contributed by atoms with Gasteiger partial charge in [-0.25, -0.2) is 0 Å². The van der Waals surface area contributed by atoms with Crippen LogP contribution in [0.3, 0.4) is 0 Å². The molecule has 6 rings (SSSR count). The first kappa shape index (κ1) is 26.3. The molecule has 5 heteroatoms. The van der Waals surface area contributed by atoms with E-state index in [9.17, 15) is 0 Å². The van der Waals surface area contributed by atoms with Crippen LogP contribution >= 0.6 is 0 Å². The fraction of sp³-hybridized carbons (Fsp3) is 0.0588. The maximum atomic E-state index is 4.74. The molecule has 2 aromatic heterocycles. The molecule has 2 heterocycles. The second-order valence-corrected chi connectivity index (χ2v) is 9.19. The van der Waals surface area contributed by atoms with Crippen molar-refractivity contribution in [3.63, 3.8) is 0 Å². The normalized spacial score (nSPS) is 10.6. The zero-order valence-corrected chi connectivity index (χ0v) is 23.9. The molecule has 6 aromatic rings. The molecule has 0 saturated heterocycles. The minimum atomic E-state index is 0. The standard InChI is InChI=1S/C34H26N4.Pt/c1-25-11-8-12-26(2)34(25)37-23-33(36-24-37)28-14-10-18-31(22-28)38(29-15-4-3-5-16-29)30-17-9-13-27(21-30)32-19-6-7-20-35-32;/h3-20,23-24H,1-2H3;/q-2;+2. The molecule has 0 amide bonds. The molecule has 0 fully saturated rings. The zero-order chi connectivity index (χ0) is 25.9. The Kier molecular flexibility index (Phi) is 7.86. The van der Waals surface area contributed by atoms with Crippen LogP contribution in [0.1, 0.15) is 11.1 Å². The van der Waals surface area contributed by atoms with Gasteiger partial charge in [-0.1, -0.05) is 48.5 Å². The number of benzene rings is 4. The first-order valence-corrected chi connectivity index (χ1v) is 12.6. The molecule has 4 nitrogen and oxygen atoms in total. The molecular weight excluding hydrogens is 659 g/mol. The van der Waals surface area contributed by atoms with Gasteiger partial charge in [0.25, 0.3) is 0 Å². The van der Waals surface area contributed by atoms with Crippen LogP contribution in [-0.4, -0.2) is 14.5 Å². The summed E-state index contributed by atoms with van der Waals surface area (Å²) < 4.78 is 2.10. The Balaban J connectivity index is 0.00000308. The summed E-state index contributed by atoms with van der Waals surface area (Å²) in [5, 5.41) is 0. The largest absolute Gasteiger partial charge is 2.00 e. The summed E-state index contributed by atoms with van der Waals surface area (Å²) in [5.41, 5.74) is 10.0. The Morgan fingerprint density at radius 3 is 1.87 bits per heavy atom. The minimum absolute atomic E-state index is 0. The van der Waals surface area contributed by atoms with Crippen molar-refractivity contribution >= 4 is 17.1 Å². The fourth-order valence-corrected chi connectivity index (χ4v) is 4.78. The third kappa shape index (κ3) is 5.48. The summed E-state index contributed by atoms with van der Waals surface area (Å²) in [5.74, 6) is 0. The Morgan fingerprint density at radius 1 is 0.615 bits per heavy atom. The van der Waals surface area contributed by atoms with Crippen molar-refractivity contribution in [2.24, 2.45) is 0 Å². The van der Waals surface area contributed by atoms with Gasteiger partial charge in [0.15, 0.2) is 0 Å². The molecule has 0 aliphatic heterocycles. The summed E-state index contributed by atoms with van der Waals surface area (Å²) in [4.78, 5) is 11.4. The average Bonchev–Trinajstić information content (AvgIpc) is 3.44. The number of imidazole rings is 1. The Hall–Kier alpha value is -4.27. The van der Waals surface area contributed by atoms with Crippen LogP contribution in [-0.2, 0) is 21.1 Å². The quantitative estimate of drug-likeness (QED) is 0.166. The van der Waals surface area contributed by atoms with E-state index in [1.54, 1.807) is 6.20 Å². The summed E-state index contributed by atoms with van der Waals surface area (Å²) in [7, 11) is 0. The molecule has 0 spiro atoms. The third-order valence-electron chi connectivity index (χ3n) is 6.55. The van der Waals surface area contributed by atoms with E-state index < -0.39 is 0 Å². The Morgan fingerprint density at radius 2 is 1.23 bits per heavy atom. The molecule has 0 bridgehead atoms. The van der Waals surface area contributed by atoms with Crippen LogP contribution in [0, 0.1) is 26.0 Å². The number of hydrogen-bond donors (Lipinski definition) is 0. The number of pyridine rings is 1.